The van der Waals surface area contributed by atoms with Crippen molar-refractivity contribution in [2.24, 2.45) is 0 Å². The third-order valence-corrected chi connectivity index (χ3v) is 15.2. The molecule has 4 aromatic heterocycles. The molecule has 0 radical (unpaired) electrons. The second-order valence-electron chi connectivity index (χ2n) is 11.9. The van der Waals surface area contributed by atoms with Crippen molar-refractivity contribution in [1.29, 1.82) is 0 Å². The Hall–Kier alpha value is -1.82. The lowest BCUT2D eigenvalue weighted by Gasteiger charge is -2.18. The van der Waals surface area contributed by atoms with E-state index in [1.54, 1.807) is 69.2 Å². The second kappa shape index (κ2) is 14.7. The summed E-state index contributed by atoms with van der Waals surface area (Å²) in [6.45, 7) is 4.48. The van der Waals surface area contributed by atoms with Crippen molar-refractivity contribution >= 4 is 100 Å². The van der Waals surface area contributed by atoms with E-state index >= 15 is 0 Å². The van der Waals surface area contributed by atoms with E-state index in [1.807, 2.05) is 0 Å². The fraction of sp³-hybridized carbons (Fsp3) is 0.389. The highest BCUT2D eigenvalue weighted by atomic mass is 79.9. The van der Waals surface area contributed by atoms with Crippen LogP contribution >= 0.6 is 77.2 Å². The van der Waals surface area contributed by atoms with Gasteiger partial charge in [0, 0.05) is 33.6 Å². The van der Waals surface area contributed by atoms with Gasteiger partial charge < -0.3 is 9.80 Å². The summed E-state index contributed by atoms with van der Waals surface area (Å²) in [6.07, 6.45) is 12.1. The van der Waals surface area contributed by atoms with Gasteiger partial charge in [-0.2, -0.15) is 0 Å². The van der Waals surface area contributed by atoms with Crippen LogP contribution in [0.5, 0.6) is 0 Å². The zero-order valence-corrected chi connectivity index (χ0v) is 33.1. The van der Waals surface area contributed by atoms with Crippen molar-refractivity contribution in [3.63, 3.8) is 0 Å². The normalized spacial score (nSPS) is 15.0. The SMILES string of the molecule is CCCCCCc1cc(-c2ccc(C3=C4C(=O)N(C)C(c5ccc(-c6cc(CCCCCC)c(Br)s6)s5)=C4C(=O)N3C)s2)sc1Br. The summed E-state index contributed by atoms with van der Waals surface area (Å²) >= 11 is 14.4. The molecular formula is C36H38Br2N2O2S4. The minimum absolute atomic E-state index is 0.121. The van der Waals surface area contributed by atoms with Crippen LogP contribution < -0.4 is 0 Å². The number of thiophene rings is 4. The third kappa shape index (κ3) is 6.59. The number of halogens is 2. The van der Waals surface area contributed by atoms with E-state index in [9.17, 15) is 9.59 Å². The first-order valence-corrected chi connectivity index (χ1v) is 20.9. The minimum atomic E-state index is -0.121. The van der Waals surface area contributed by atoms with Gasteiger partial charge in [-0.1, -0.05) is 52.4 Å². The molecule has 242 valence electrons. The van der Waals surface area contributed by atoms with E-state index in [-0.39, 0.29) is 11.8 Å². The Bertz CT molecular complexity index is 1710. The quantitative estimate of drug-likeness (QED) is 0.119. The lowest BCUT2D eigenvalue weighted by Crippen LogP contribution is -2.24. The molecule has 4 nitrogen and oxygen atoms in total. The summed E-state index contributed by atoms with van der Waals surface area (Å²) in [7, 11) is 3.59. The van der Waals surface area contributed by atoms with Crippen molar-refractivity contribution in [1.82, 2.24) is 9.80 Å². The Kier molecular flexibility index (Phi) is 10.9. The predicted molar refractivity (Wildman–Crippen MR) is 206 cm³/mol. The fourth-order valence-electron chi connectivity index (χ4n) is 6.18. The van der Waals surface area contributed by atoms with Gasteiger partial charge in [0.05, 0.1) is 39.9 Å². The molecule has 0 bridgehead atoms. The van der Waals surface area contributed by atoms with E-state index in [4.69, 9.17) is 0 Å². The van der Waals surface area contributed by atoms with Crippen molar-refractivity contribution in [2.75, 3.05) is 14.1 Å². The number of nitrogens with zero attached hydrogens (tertiary/aromatic N) is 2. The van der Waals surface area contributed by atoms with E-state index in [0.29, 0.717) is 22.5 Å². The molecule has 0 aromatic carbocycles. The van der Waals surface area contributed by atoms with Crippen molar-refractivity contribution in [3.05, 3.63) is 76.0 Å². The van der Waals surface area contributed by atoms with Crippen molar-refractivity contribution in [3.8, 4) is 19.5 Å². The largest absolute Gasteiger partial charge is 0.309 e. The standard InChI is InChI=1S/C36H38Br2N2O2S4/c1-5-7-9-11-13-21-19-27(45-33(21)37)23-15-17-25(43-23)31-29-30(36(42)39(31)3)32(40(4)35(29)41)26-18-16-24(44-26)28-20-22(34(38)46-28)14-12-10-8-6-2/h15-20H,5-14H2,1-4H3. The maximum absolute atomic E-state index is 13.8. The Labute approximate surface area is 305 Å². The first-order valence-electron chi connectivity index (χ1n) is 16.1. The monoisotopic (exact) mass is 816 g/mol. The van der Waals surface area contributed by atoms with Gasteiger partial charge in [-0.15, -0.1) is 45.3 Å². The maximum Gasteiger partial charge on any atom is 0.261 e. The zero-order chi connectivity index (χ0) is 32.5. The van der Waals surface area contributed by atoms with Crippen LogP contribution in [0.4, 0.5) is 0 Å². The van der Waals surface area contributed by atoms with Gasteiger partial charge in [0.1, 0.15) is 0 Å². The Morgan fingerprint density at radius 2 is 0.935 bits per heavy atom. The van der Waals surface area contributed by atoms with Gasteiger partial charge in [0.25, 0.3) is 11.8 Å². The molecular weight excluding hydrogens is 780 g/mol. The Morgan fingerprint density at radius 3 is 1.33 bits per heavy atom. The van der Waals surface area contributed by atoms with E-state index in [0.717, 1.165) is 32.4 Å². The average molecular weight is 819 g/mol. The smallest absolute Gasteiger partial charge is 0.261 e. The van der Waals surface area contributed by atoms with Gasteiger partial charge in [0.2, 0.25) is 0 Å². The molecule has 2 amide bonds. The number of fused-ring (bicyclic) bond motifs is 1. The van der Waals surface area contributed by atoms with Gasteiger partial charge >= 0.3 is 0 Å². The maximum atomic E-state index is 13.8. The molecule has 0 unspecified atom stereocenters. The number of carbonyl (C=O) groups excluding carboxylic acids is 2. The molecule has 0 aliphatic carbocycles. The van der Waals surface area contributed by atoms with Crippen LogP contribution in [-0.2, 0) is 22.4 Å². The van der Waals surface area contributed by atoms with Crippen LogP contribution in [0.3, 0.4) is 0 Å². The first kappa shape index (κ1) is 34.1. The molecule has 2 aliphatic heterocycles. The van der Waals surface area contributed by atoms with Crippen molar-refractivity contribution in [2.45, 2.75) is 78.1 Å². The highest BCUT2D eigenvalue weighted by molar-refractivity contribution is 9.11. The number of aryl methyl sites for hydroxylation is 2. The topological polar surface area (TPSA) is 40.6 Å². The van der Waals surface area contributed by atoms with E-state index in [1.165, 1.54) is 79.8 Å². The minimum Gasteiger partial charge on any atom is -0.309 e. The molecule has 0 atom stereocenters. The van der Waals surface area contributed by atoms with E-state index < -0.39 is 0 Å². The fourth-order valence-corrected chi connectivity index (χ4v) is 12.1. The average Bonchev–Trinajstić information content (AvgIpc) is 3.89. The molecule has 0 saturated heterocycles. The number of hydrogen-bond donors (Lipinski definition) is 0. The number of carbonyl (C=O) groups is 2. The lowest BCUT2D eigenvalue weighted by atomic mass is 10.1. The summed E-state index contributed by atoms with van der Waals surface area (Å²) in [5.41, 5.74) is 5.18. The lowest BCUT2D eigenvalue weighted by molar-refractivity contribution is -0.123. The van der Waals surface area contributed by atoms with Crippen LogP contribution in [-0.4, -0.2) is 35.7 Å². The summed E-state index contributed by atoms with van der Waals surface area (Å²) in [5, 5.41) is 0. The number of rotatable bonds is 14. The zero-order valence-electron chi connectivity index (χ0n) is 26.6. The molecule has 46 heavy (non-hydrogen) atoms. The highest BCUT2D eigenvalue weighted by Crippen LogP contribution is 2.50. The predicted octanol–water partition coefficient (Wildman–Crippen LogP) is 12.1. The van der Waals surface area contributed by atoms with Crippen LogP contribution in [0, 0.1) is 0 Å². The van der Waals surface area contributed by atoms with Crippen molar-refractivity contribution < 1.29 is 9.59 Å². The Balaban J connectivity index is 1.29. The van der Waals surface area contributed by atoms with Crippen LogP contribution in [0.15, 0.2) is 55.1 Å². The molecule has 0 fully saturated rings. The number of unbranched alkanes of at least 4 members (excludes halogenated alkanes) is 6. The molecule has 6 rings (SSSR count). The number of hydrogen-bond acceptors (Lipinski definition) is 6. The number of amides is 2. The molecule has 6 heterocycles. The number of likely N-dealkylation sites (N-methyl/N-ethyl adjacent to an activating group) is 2. The highest BCUT2D eigenvalue weighted by Gasteiger charge is 2.47. The first-order chi connectivity index (χ1) is 22.2. The van der Waals surface area contributed by atoms with Gasteiger partial charge in [-0.25, -0.2) is 0 Å². The van der Waals surface area contributed by atoms with E-state index in [2.05, 4.69) is 82.1 Å². The van der Waals surface area contributed by atoms with Gasteiger partial charge in [-0.3, -0.25) is 9.59 Å². The molecule has 10 heteroatoms. The third-order valence-electron chi connectivity index (χ3n) is 8.71. The molecule has 0 spiro atoms. The van der Waals surface area contributed by atoms with Crippen LogP contribution in [0.25, 0.3) is 30.9 Å². The second-order valence-corrected chi connectivity index (χ2v) is 18.9. The summed E-state index contributed by atoms with van der Waals surface area (Å²) < 4.78 is 2.39. The van der Waals surface area contributed by atoms with Gasteiger partial charge in [-0.05, 0) is 105 Å². The molecule has 2 aliphatic rings. The molecule has 4 aromatic rings. The summed E-state index contributed by atoms with van der Waals surface area (Å²) in [5.74, 6) is -0.242. The molecule has 0 N–H and O–H groups in total. The summed E-state index contributed by atoms with van der Waals surface area (Å²) in [4.78, 5) is 37.6. The van der Waals surface area contributed by atoms with Crippen LogP contribution in [0.2, 0.25) is 0 Å². The van der Waals surface area contributed by atoms with Crippen LogP contribution in [0.1, 0.15) is 86.1 Å². The Morgan fingerprint density at radius 1 is 0.543 bits per heavy atom. The van der Waals surface area contributed by atoms with Gasteiger partial charge in [0.15, 0.2) is 0 Å². The molecule has 0 saturated carbocycles. The summed E-state index contributed by atoms with van der Waals surface area (Å²) in [6, 6.07) is 13.0.